The molecule has 2 rings (SSSR count). The van der Waals surface area contributed by atoms with Crippen molar-refractivity contribution in [3.63, 3.8) is 0 Å². The molecule has 0 atom stereocenters. The van der Waals surface area contributed by atoms with Crippen LogP contribution in [-0.2, 0) is 11.3 Å². The average molecular weight is 223 g/mol. The van der Waals surface area contributed by atoms with Crippen LogP contribution in [0.3, 0.4) is 0 Å². The number of hydrogen-bond acceptors (Lipinski definition) is 2. The third kappa shape index (κ3) is 2.60. The Balaban J connectivity index is 1.83. The molecule has 1 aliphatic carbocycles. The highest BCUT2D eigenvalue weighted by Gasteiger charge is 2.28. The van der Waals surface area contributed by atoms with Crippen LogP contribution in [0.4, 0.5) is 4.39 Å². The van der Waals surface area contributed by atoms with Crippen molar-refractivity contribution in [1.29, 1.82) is 0 Å². The van der Waals surface area contributed by atoms with Crippen molar-refractivity contribution in [2.24, 2.45) is 11.7 Å². The van der Waals surface area contributed by atoms with Gasteiger partial charge in [-0.25, -0.2) is 4.39 Å². The summed E-state index contributed by atoms with van der Waals surface area (Å²) < 4.78 is 18.7. The zero-order valence-corrected chi connectivity index (χ0v) is 9.58. The highest BCUT2D eigenvalue weighted by molar-refractivity contribution is 5.25. The zero-order valence-electron chi connectivity index (χ0n) is 9.58. The summed E-state index contributed by atoms with van der Waals surface area (Å²) in [6, 6.07) is 4.82. The number of benzene rings is 1. The van der Waals surface area contributed by atoms with Gasteiger partial charge in [0.05, 0.1) is 12.7 Å². The second kappa shape index (κ2) is 4.93. The maximum Gasteiger partial charge on any atom is 0.123 e. The summed E-state index contributed by atoms with van der Waals surface area (Å²) in [6.07, 6.45) is 2.41. The van der Waals surface area contributed by atoms with E-state index in [1.54, 1.807) is 12.1 Å². The molecule has 1 aromatic carbocycles. The molecule has 0 unspecified atom stereocenters. The fraction of sp³-hybridized carbons (Fsp3) is 0.538. The molecule has 0 amide bonds. The van der Waals surface area contributed by atoms with E-state index in [0.29, 0.717) is 18.6 Å². The number of aryl methyl sites for hydroxylation is 1. The first-order valence-corrected chi connectivity index (χ1v) is 5.75. The number of nitrogens with two attached hydrogens (primary N) is 1. The second-order valence-corrected chi connectivity index (χ2v) is 4.58. The van der Waals surface area contributed by atoms with E-state index in [1.165, 1.54) is 6.07 Å². The normalized spacial score (nSPS) is 24.2. The molecular formula is C13H18FNO. The third-order valence-corrected chi connectivity index (χ3v) is 3.31. The van der Waals surface area contributed by atoms with Crippen molar-refractivity contribution in [3.8, 4) is 0 Å². The SMILES string of the molecule is Cc1ccc(F)cc1COC1CC(CN)C1. The minimum atomic E-state index is -0.197. The molecule has 16 heavy (non-hydrogen) atoms. The fourth-order valence-corrected chi connectivity index (χ4v) is 2.01. The van der Waals surface area contributed by atoms with Crippen molar-refractivity contribution < 1.29 is 9.13 Å². The predicted molar refractivity (Wildman–Crippen MR) is 61.5 cm³/mol. The Labute approximate surface area is 95.6 Å². The van der Waals surface area contributed by atoms with E-state index in [9.17, 15) is 4.39 Å². The van der Waals surface area contributed by atoms with Crippen LogP contribution in [0.2, 0.25) is 0 Å². The molecule has 0 heterocycles. The highest BCUT2D eigenvalue weighted by atomic mass is 19.1. The molecule has 88 valence electrons. The third-order valence-electron chi connectivity index (χ3n) is 3.31. The van der Waals surface area contributed by atoms with Crippen LogP contribution in [-0.4, -0.2) is 12.6 Å². The van der Waals surface area contributed by atoms with E-state index in [0.717, 1.165) is 30.5 Å². The Morgan fingerprint density at radius 1 is 1.44 bits per heavy atom. The summed E-state index contributed by atoms with van der Waals surface area (Å²) in [5.41, 5.74) is 7.56. The molecular weight excluding hydrogens is 205 g/mol. The largest absolute Gasteiger partial charge is 0.374 e. The Morgan fingerprint density at radius 2 is 2.19 bits per heavy atom. The van der Waals surface area contributed by atoms with Crippen LogP contribution in [0, 0.1) is 18.7 Å². The van der Waals surface area contributed by atoms with Crippen molar-refractivity contribution in [3.05, 3.63) is 35.1 Å². The van der Waals surface area contributed by atoms with Gasteiger partial charge in [-0.05, 0) is 55.5 Å². The van der Waals surface area contributed by atoms with Crippen LogP contribution in [0.15, 0.2) is 18.2 Å². The first-order valence-electron chi connectivity index (χ1n) is 5.75. The lowest BCUT2D eigenvalue weighted by Gasteiger charge is -2.34. The standard InChI is InChI=1S/C13H18FNO/c1-9-2-3-12(14)6-11(9)8-16-13-4-10(5-13)7-15/h2-3,6,10,13H,4-5,7-8,15H2,1H3. The Hall–Kier alpha value is -0.930. The first-order chi connectivity index (χ1) is 7.69. The van der Waals surface area contributed by atoms with Gasteiger partial charge in [-0.3, -0.25) is 0 Å². The molecule has 2 nitrogen and oxygen atoms in total. The molecule has 0 aromatic heterocycles. The van der Waals surface area contributed by atoms with Gasteiger partial charge in [-0.2, -0.15) is 0 Å². The number of ether oxygens (including phenoxy) is 1. The minimum absolute atomic E-state index is 0.197. The van der Waals surface area contributed by atoms with Gasteiger partial charge >= 0.3 is 0 Å². The van der Waals surface area contributed by atoms with Gasteiger partial charge in [0.2, 0.25) is 0 Å². The summed E-state index contributed by atoms with van der Waals surface area (Å²) in [5, 5.41) is 0. The molecule has 0 saturated heterocycles. The van der Waals surface area contributed by atoms with E-state index in [2.05, 4.69) is 0 Å². The summed E-state index contributed by atoms with van der Waals surface area (Å²) >= 11 is 0. The Morgan fingerprint density at radius 3 is 2.88 bits per heavy atom. The molecule has 3 heteroatoms. The maximum absolute atomic E-state index is 13.0. The molecule has 1 aromatic rings. The van der Waals surface area contributed by atoms with Crippen LogP contribution in [0.1, 0.15) is 24.0 Å². The topological polar surface area (TPSA) is 35.2 Å². The van der Waals surface area contributed by atoms with Gasteiger partial charge in [0.1, 0.15) is 5.82 Å². The van der Waals surface area contributed by atoms with Crippen LogP contribution in [0.25, 0.3) is 0 Å². The van der Waals surface area contributed by atoms with Crippen molar-refractivity contribution >= 4 is 0 Å². The van der Waals surface area contributed by atoms with Gasteiger partial charge < -0.3 is 10.5 Å². The quantitative estimate of drug-likeness (QED) is 0.850. The predicted octanol–water partition coefficient (Wildman–Crippen LogP) is 2.39. The molecule has 0 spiro atoms. The molecule has 0 aliphatic heterocycles. The molecule has 1 saturated carbocycles. The zero-order chi connectivity index (χ0) is 11.5. The van der Waals surface area contributed by atoms with E-state index in [-0.39, 0.29) is 5.82 Å². The molecule has 1 aliphatic rings. The Bertz CT molecular complexity index is 361. The van der Waals surface area contributed by atoms with Crippen LogP contribution < -0.4 is 5.73 Å². The summed E-state index contributed by atoms with van der Waals surface area (Å²) in [5.74, 6) is 0.427. The fourth-order valence-electron chi connectivity index (χ4n) is 2.01. The van der Waals surface area contributed by atoms with E-state index >= 15 is 0 Å². The number of hydrogen-bond donors (Lipinski definition) is 1. The molecule has 2 N–H and O–H groups in total. The Kier molecular flexibility index (Phi) is 3.56. The van der Waals surface area contributed by atoms with Gasteiger partial charge in [0.25, 0.3) is 0 Å². The van der Waals surface area contributed by atoms with Crippen LogP contribution >= 0.6 is 0 Å². The monoisotopic (exact) mass is 223 g/mol. The van der Waals surface area contributed by atoms with Crippen molar-refractivity contribution in [1.82, 2.24) is 0 Å². The van der Waals surface area contributed by atoms with Crippen molar-refractivity contribution in [2.45, 2.75) is 32.5 Å². The van der Waals surface area contributed by atoms with E-state index in [4.69, 9.17) is 10.5 Å². The smallest absolute Gasteiger partial charge is 0.123 e. The summed E-state index contributed by atoms with van der Waals surface area (Å²) in [7, 11) is 0. The van der Waals surface area contributed by atoms with E-state index < -0.39 is 0 Å². The first kappa shape index (κ1) is 11.6. The van der Waals surface area contributed by atoms with Gasteiger partial charge in [-0.1, -0.05) is 6.07 Å². The highest BCUT2D eigenvalue weighted by Crippen LogP contribution is 2.29. The number of halogens is 1. The molecule has 0 radical (unpaired) electrons. The minimum Gasteiger partial charge on any atom is -0.374 e. The van der Waals surface area contributed by atoms with Crippen molar-refractivity contribution in [2.75, 3.05) is 6.54 Å². The molecule has 1 fully saturated rings. The summed E-state index contributed by atoms with van der Waals surface area (Å²) in [6.45, 7) is 3.23. The lowest BCUT2D eigenvalue weighted by atomic mass is 9.82. The molecule has 0 bridgehead atoms. The lowest BCUT2D eigenvalue weighted by Crippen LogP contribution is -2.35. The van der Waals surface area contributed by atoms with Gasteiger partial charge in [-0.15, -0.1) is 0 Å². The second-order valence-electron chi connectivity index (χ2n) is 4.58. The van der Waals surface area contributed by atoms with Crippen LogP contribution in [0.5, 0.6) is 0 Å². The van der Waals surface area contributed by atoms with E-state index in [1.807, 2.05) is 6.92 Å². The van der Waals surface area contributed by atoms with Gasteiger partial charge in [0.15, 0.2) is 0 Å². The number of rotatable bonds is 4. The van der Waals surface area contributed by atoms with Gasteiger partial charge in [0, 0.05) is 0 Å². The average Bonchev–Trinajstić information content (AvgIpc) is 2.21. The lowest BCUT2D eigenvalue weighted by molar-refractivity contribution is -0.0378. The summed E-state index contributed by atoms with van der Waals surface area (Å²) in [4.78, 5) is 0. The maximum atomic E-state index is 13.0.